The van der Waals surface area contributed by atoms with E-state index in [-0.39, 0.29) is 5.41 Å². The Morgan fingerprint density at radius 3 is 2.53 bits per heavy atom. The van der Waals surface area contributed by atoms with Crippen molar-refractivity contribution in [2.75, 3.05) is 26.2 Å². The minimum atomic E-state index is 0.0642. The molecule has 1 saturated heterocycles. The van der Waals surface area contributed by atoms with Crippen molar-refractivity contribution in [3.8, 4) is 0 Å². The van der Waals surface area contributed by atoms with Crippen LogP contribution in [0.1, 0.15) is 39.2 Å². The van der Waals surface area contributed by atoms with E-state index in [1.54, 1.807) is 0 Å². The summed E-state index contributed by atoms with van der Waals surface area (Å²) in [6.07, 6.45) is 2.65. The maximum atomic E-state index is 6.10. The van der Waals surface area contributed by atoms with Gasteiger partial charge >= 0.3 is 0 Å². The molecule has 2 nitrogen and oxygen atoms in total. The van der Waals surface area contributed by atoms with Crippen LogP contribution in [0.4, 0.5) is 0 Å². The first kappa shape index (κ1) is 14.5. The van der Waals surface area contributed by atoms with Gasteiger partial charge in [0.15, 0.2) is 0 Å². The van der Waals surface area contributed by atoms with Crippen LogP contribution in [0.2, 0.25) is 0 Å². The first-order chi connectivity index (χ1) is 8.95. The quantitative estimate of drug-likeness (QED) is 0.901. The van der Waals surface area contributed by atoms with Gasteiger partial charge in [0, 0.05) is 25.0 Å². The number of hydrogen-bond acceptors (Lipinski definition) is 2. The average molecular weight is 260 g/mol. The van der Waals surface area contributed by atoms with Crippen molar-refractivity contribution in [1.82, 2.24) is 4.90 Å². The van der Waals surface area contributed by atoms with Gasteiger partial charge in [-0.3, -0.25) is 0 Å². The fourth-order valence-corrected chi connectivity index (χ4v) is 3.29. The molecule has 0 bridgehead atoms. The third kappa shape index (κ3) is 3.58. The zero-order valence-corrected chi connectivity index (χ0v) is 12.7. The molecule has 2 N–H and O–H groups in total. The largest absolute Gasteiger partial charge is 0.330 e. The summed E-state index contributed by atoms with van der Waals surface area (Å²) in [6, 6.07) is 10.7. The molecule has 0 saturated carbocycles. The number of likely N-dealkylation sites (tertiary alicyclic amines) is 1. The Kier molecular flexibility index (Phi) is 4.32. The van der Waals surface area contributed by atoms with Crippen molar-refractivity contribution < 1.29 is 0 Å². The lowest BCUT2D eigenvalue weighted by Crippen LogP contribution is -2.49. The van der Waals surface area contributed by atoms with Crippen LogP contribution in [-0.2, 0) is 5.41 Å². The topological polar surface area (TPSA) is 29.3 Å². The number of nitrogens with zero attached hydrogens (tertiary/aromatic N) is 1. The van der Waals surface area contributed by atoms with E-state index < -0.39 is 0 Å². The lowest BCUT2D eigenvalue weighted by molar-refractivity contribution is 0.0973. The van der Waals surface area contributed by atoms with Crippen molar-refractivity contribution in [2.24, 2.45) is 11.1 Å². The van der Waals surface area contributed by atoms with Gasteiger partial charge in [0.05, 0.1) is 0 Å². The van der Waals surface area contributed by atoms with E-state index in [4.69, 9.17) is 5.73 Å². The molecule has 106 valence electrons. The Morgan fingerprint density at radius 2 is 1.95 bits per heavy atom. The van der Waals surface area contributed by atoms with Crippen LogP contribution in [0.5, 0.6) is 0 Å². The lowest BCUT2D eigenvalue weighted by Gasteiger charge is -2.42. The molecule has 0 amide bonds. The molecule has 1 fully saturated rings. The zero-order chi connectivity index (χ0) is 13.9. The molecule has 0 aliphatic carbocycles. The highest BCUT2D eigenvalue weighted by Crippen LogP contribution is 2.31. The van der Waals surface area contributed by atoms with Gasteiger partial charge in [-0.25, -0.2) is 0 Å². The minimum Gasteiger partial charge on any atom is -0.330 e. The van der Waals surface area contributed by atoms with Crippen molar-refractivity contribution in [2.45, 2.75) is 39.0 Å². The van der Waals surface area contributed by atoms with E-state index in [2.05, 4.69) is 56.0 Å². The molecule has 2 rings (SSSR count). The summed E-state index contributed by atoms with van der Waals surface area (Å²) in [4.78, 5) is 2.60. The number of hydrogen-bond donors (Lipinski definition) is 1. The van der Waals surface area contributed by atoms with Crippen LogP contribution in [-0.4, -0.2) is 31.1 Å². The fourth-order valence-electron chi connectivity index (χ4n) is 3.29. The molecule has 0 spiro atoms. The van der Waals surface area contributed by atoms with Gasteiger partial charge in [-0.1, -0.05) is 51.1 Å². The van der Waals surface area contributed by atoms with Crippen LogP contribution in [0.15, 0.2) is 30.3 Å². The van der Waals surface area contributed by atoms with Crippen molar-refractivity contribution in [1.29, 1.82) is 0 Å². The summed E-state index contributed by atoms with van der Waals surface area (Å²) in [5.74, 6) is 0. The van der Waals surface area contributed by atoms with Gasteiger partial charge in [-0.15, -0.1) is 0 Å². The van der Waals surface area contributed by atoms with Crippen LogP contribution in [0.3, 0.4) is 0 Å². The van der Waals surface area contributed by atoms with E-state index in [0.717, 1.165) is 6.54 Å². The van der Waals surface area contributed by atoms with Gasteiger partial charge in [-0.05, 0) is 30.4 Å². The SMILES string of the molecule is CC1(C)CCCN(CC(C)(CN)c2ccccc2)C1. The molecule has 1 aliphatic heterocycles. The molecular weight excluding hydrogens is 232 g/mol. The summed E-state index contributed by atoms with van der Waals surface area (Å²) in [5, 5.41) is 0. The number of rotatable bonds is 4. The summed E-state index contributed by atoms with van der Waals surface area (Å²) in [5.41, 5.74) is 7.97. The summed E-state index contributed by atoms with van der Waals surface area (Å²) < 4.78 is 0. The van der Waals surface area contributed by atoms with Gasteiger partial charge in [-0.2, -0.15) is 0 Å². The normalized spacial score (nSPS) is 22.9. The van der Waals surface area contributed by atoms with Crippen LogP contribution in [0, 0.1) is 5.41 Å². The van der Waals surface area contributed by atoms with Crippen LogP contribution >= 0.6 is 0 Å². The van der Waals surface area contributed by atoms with Gasteiger partial charge < -0.3 is 10.6 Å². The monoisotopic (exact) mass is 260 g/mol. The first-order valence-corrected chi connectivity index (χ1v) is 7.43. The Hall–Kier alpha value is -0.860. The van der Waals surface area contributed by atoms with Gasteiger partial charge in [0.25, 0.3) is 0 Å². The van der Waals surface area contributed by atoms with E-state index in [1.165, 1.54) is 31.5 Å². The van der Waals surface area contributed by atoms with E-state index in [0.29, 0.717) is 12.0 Å². The Balaban J connectivity index is 2.10. The maximum absolute atomic E-state index is 6.10. The Bertz CT molecular complexity index is 399. The summed E-state index contributed by atoms with van der Waals surface area (Å²) >= 11 is 0. The van der Waals surface area contributed by atoms with E-state index >= 15 is 0 Å². The molecule has 19 heavy (non-hydrogen) atoms. The van der Waals surface area contributed by atoms with Crippen LogP contribution in [0.25, 0.3) is 0 Å². The highest BCUT2D eigenvalue weighted by Gasteiger charge is 2.32. The smallest absolute Gasteiger partial charge is 0.0174 e. The maximum Gasteiger partial charge on any atom is 0.0174 e. The number of nitrogens with two attached hydrogens (primary N) is 1. The minimum absolute atomic E-state index is 0.0642. The Labute approximate surface area is 118 Å². The lowest BCUT2D eigenvalue weighted by atomic mass is 9.79. The number of benzene rings is 1. The highest BCUT2D eigenvalue weighted by molar-refractivity contribution is 5.25. The zero-order valence-electron chi connectivity index (χ0n) is 12.7. The van der Waals surface area contributed by atoms with Crippen molar-refractivity contribution >= 4 is 0 Å². The molecular formula is C17H28N2. The third-order valence-corrected chi connectivity index (χ3v) is 4.47. The second-order valence-electron chi connectivity index (χ2n) is 7.11. The molecule has 2 heteroatoms. The molecule has 1 heterocycles. The predicted octanol–water partition coefficient (Wildman–Crippen LogP) is 3.03. The molecule has 1 aromatic rings. The van der Waals surface area contributed by atoms with Gasteiger partial charge in [0.2, 0.25) is 0 Å². The second kappa shape index (κ2) is 5.64. The van der Waals surface area contributed by atoms with E-state index in [9.17, 15) is 0 Å². The molecule has 0 radical (unpaired) electrons. The molecule has 1 aliphatic rings. The predicted molar refractivity (Wildman–Crippen MR) is 82.3 cm³/mol. The van der Waals surface area contributed by atoms with Crippen LogP contribution < -0.4 is 5.73 Å². The molecule has 1 unspecified atom stereocenters. The fraction of sp³-hybridized carbons (Fsp3) is 0.647. The van der Waals surface area contributed by atoms with Crippen molar-refractivity contribution in [3.63, 3.8) is 0 Å². The third-order valence-electron chi connectivity index (χ3n) is 4.47. The standard InChI is InChI=1S/C17H28N2/c1-16(2)10-7-11-19(13-16)14-17(3,12-18)15-8-5-4-6-9-15/h4-6,8-9H,7,10-14,18H2,1-3H3. The molecule has 1 aromatic carbocycles. The van der Waals surface area contributed by atoms with E-state index in [1.807, 2.05) is 0 Å². The van der Waals surface area contributed by atoms with Gasteiger partial charge in [0.1, 0.15) is 0 Å². The summed E-state index contributed by atoms with van der Waals surface area (Å²) in [7, 11) is 0. The molecule has 0 aromatic heterocycles. The summed E-state index contributed by atoms with van der Waals surface area (Å²) in [6.45, 7) is 11.2. The number of piperidine rings is 1. The van der Waals surface area contributed by atoms with Crippen molar-refractivity contribution in [3.05, 3.63) is 35.9 Å². The Morgan fingerprint density at radius 1 is 1.26 bits per heavy atom. The first-order valence-electron chi connectivity index (χ1n) is 7.43. The second-order valence-corrected chi connectivity index (χ2v) is 7.11. The average Bonchev–Trinajstić information content (AvgIpc) is 2.38. The highest BCUT2D eigenvalue weighted by atomic mass is 15.1. The molecule has 1 atom stereocenters.